The van der Waals surface area contributed by atoms with E-state index >= 15 is 0 Å². The molecule has 0 spiro atoms. The van der Waals surface area contributed by atoms with Gasteiger partial charge < -0.3 is 15.1 Å². The second-order valence-corrected chi connectivity index (χ2v) is 6.39. The average Bonchev–Trinajstić information content (AvgIpc) is 2.78. The standard InChI is InChI=1S/C16H26ClN3/c1-5-18-9-13-6-7-15(14(17)8-13)20-10-12(2)16(11-20)19(3)4/h6-8,12,16,18H,5,9-11H2,1-4H3. The molecule has 0 bridgehead atoms. The largest absolute Gasteiger partial charge is 0.368 e. The highest BCUT2D eigenvalue weighted by Crippen LogP contribution is 2.32. The molecule has 2 unspecified atom stereocenters. The fourth-order valence-corrected chi connectivity index (χ4v) is 3.33. The van der Waals surface area contributed by atoms with Gasteiger partial charge in [0.1, 0.15) is 0 Å². The minimum atomic E-state index is 0.604. The van der Waals surface area contributed by atoms with Crippen molar-refractivity contribution in [1.29, 1.82) is 0 Å². The molecule has 4 heteroatoms. The van der Waals surface area contributed by atoms with Crippen LogP contribution in [-0.2, 0) is 6.54 Å². The third-order valence-electron chi connectivity index (χ3n) is 4.17. The minimum Gasteiger partial charge on any atom is -0.368 e. The maximum atomic E-state index is 6.48. The molecule has 20 heavy (non-hydrogen) atoms. The maximum Gasteiger partial charge on any atom is 0.0642 e. The van der Waals surface area contributed by atoms with E-state index < -0.39 is 0 Å². The van der Waals surface area contributed by atoms with Gasteiger partial charge in [0.15, 0.2) is 0 Å². The topological polar surface area (TPSA) is 18.5 Å². The Bertz CT molecular complexity index is 447. The summed E-state index contributed by atoms with van der Waals surface area (Å²) in [6.45, 7) is 8.43. The van der Waals surface area contributed by atoms with Gasteiger partial charge in [-0.3, -0.25) is 0 Å². The van der Waals surface area contributed by atoms with Gasteiger partial charge in [0, 0.05) is 25.7 Å². The van der Waals surface area contributed by atoms with Crippen molar-refractivity contribution in [3.63, 3.8) is 0 Å². The Hall–Kier alpha value is -0.770. The van der Waals surface area contributed by atoms with E-state index in [-0.39, 0.29) is 0 Å². The van der Waals surface area contributed by atoms with Crippen LogP contribution < -0.4 is 10.2 Å². The Morgan fingerprint density at radius 3 is 2.65 bits per heavy atom. The van der Waals surface area contributed by atoms with Crippen LogP contribution >= 0.6 is 11.6 Å². The summed E-state index contributed by atoms with van der Waals surface area (Å²) in [4.78, 5) is 4.73. The zero-order chi connectivity index (χ0) is 14.7. The average molecular weight is 296 g/mol. The number of hydrogen-bond acceptors (Lipinski definition) is 3. The summed E-state index contributed by atoms with van der Waals surface area (Å²) < 4.78 is 0. The molecule has 1 aromatic rings. The lowest BCUT2D eigenvalue weighted by Crippen LogP contribution is -2.34. The third-order valence-corrected chi connectivity index (χ3v) is 4.47. The van der Waals surface area contributed by atoms with E-state index in [2.05, 4.69) is 61.3 Å². The second-order valence-electron chi connectivity index (χ2n) is 5.98. The van der Waals surface area contributed by atoms with Crippen molar-refractivity contribution >= 4 is 17.3 Å². The molecule has 0 saturated carbocycles. The first-order chi connectivity index (χ1) is 9.52. The highest BCUT2D eigenvalue weighted by atomic mass is 35.5. The second kappa shape index (κ2) is 6.79. The van der Waals surface area contributed by atoms with Crippen LogP contribution in [0.5, 0.6) is 0 Å². The summed E-state index contributed by atoms with van der Waals surface area (Å²) in [5.74, 6) is 0.669. The molecule has 2 rings (SSSR count). The molecule has 1 fully saturated rings. The molecule has 0 radical (unpaired) electrons. The predicted molar refractivity (Wildman–Crippen MR) is 87.7 cm³/mol. The lowest BCUT2D eigenvalue weighted by atomic mass is 10.1. The van der Waals surface area contributed by atoms with Gasteiger partial charge in [0.25, 0.3) is 0 Å². The van der Waals surface area contributed by atoms with Crippen LogP contribution in [0.3, 0.4) is 0 Å². The fourth-order valence-electron chi connectivity index (χ4n) is 3.00. The Balaban J connectivity index is 2.10. The lowest BCUT2D eigenvalue weighted by molar-refractivity contribution is 0.266. The van der Waals surface area contributed by atoms with Crippen LogP contribution in [0.15, 0.2) is 18.2 Å². The van der Waals surface area contributed by atoms with Gasteiger partial charge >= 0.3 is 0 Å². The number of likely N-dealkylation sites (N-methyl/N-ethyl adjacent to an activating group) is 1. The van der Waals surface area contributed by atoms with Gasteiger partial charge in [-0.15, -0.1) is 0 Å². The number of nitrogens with zero attached hydrogens (tertiary/aromatic N) is 2. The molecule has 1 N–H and O–H groups in total. The number of nitrogens with one attached hydrogen (secondary N) is 1. The van der Waals surface area contributed by atoms with Gasteiger partial charge in [0.2, 0.25) is 0 Å². The van der Waals surface area contributed by atoms with Crippen LogP contribution in [0.4, 0.5) is 5.69 Å². The molecular weight excluding hydrogens is 270 g/mol. The Morgan fingerprint density at radius 1 is 1.35 bits per heavy atom. The smallest absolute Gasteiger partial charge is 0.0642 e. The lowest BCUT2D eigenvalue weighted by Gasteiger charge is -2.23. The zero-order valence-electron chi connectivity index (χ0n) is 13.0. The van der Waals surface area contributed by atoms with E-state index in [0.717, 1.165) is 31.2 Å². The first kappa shape index (κ1) is 15.6. The van der Waals surface area contributed by atoms with Crippen LogP contribution in [0.1, 0.15) is 19.4 Å². The molecule has 2 atom stereocenters. The number of anilines is 1. The molecule has 1 aromatic carbocycles. The van der Waals surface area contributed by atoms with Crippen molar-refractivity contribution in [3.8, 4) is 0 Å². The summed E-state index contributed by atoms with van der Waals surface area (Å²) >= 11 is 6.48. The number of benzene rings is 1. The molecule has 0 aliphatic carbocycles. The zero-order valence-corrected chi connectivity index (χ0v) is 13.7. The first-order valence-electron chi connectivity index (χ1n) is 7.43. The van der Waals surface area contributed by atoms with Gasteiger partial charge in [-0.1, -0.05) is 31.5 Å². The fraction of sp³-hybridized carbons (Fsp3) is 0.625. The molecular formula is C16H26ClN3. The van der Waals surface area contributed by atoms with E-state index in [9.17, 15) is 0 Å². The molecule has 3 nitrogen and oxygen atoms in total. The Morgan fingerprint density at radius 2 is 2.10 bits per heavy atom. The van der Waals surface area contributed by atoms with Crippen molar-refractivity contribution in [1.82, 2.24) is 10.2 Å². The molecule has 1 aliphatic rings. The first-order valence-corrected chi connectivity index (χ1v) is 7.81. The van der Waals surface area contributed by atoms with Gasteiger partial charge in [-0.25, -0.2) is 0 Å². The van der Waals surface area contributed by atoms with Crippen molar-refractivity contribution < 1.29 is 0 Å². The van der Waals surface area contributed by atoms with E-state index in [0.29, 0.717) is 12.0 Å². The molecule has 1 heterocycles. The monoisotopic (exact) mass is 295 g/mol. The van der Waals surface area contributed by atoms with Crippen LogP contribution in [0.25, 0.3) is 0 Å². The minimum absolute atomic E-state index is 0.604. The van der Waals surface area contributed by atoms with Crippen molar-refractivity contribution in [3.05, 3.63) is 28.8 Å². The van der Waals surface area contributed by atoms with E-state index in [4.69, 9.17) is 11.6 Å². The number of halogens is 1. The third kappa shape index (κ3) is 3.46. The number of rotatable bonds is 5. The van der Waals surface area contributed by atoms with Crippen LogP contribution in [0.2, 0.25) is 5.02 Å². The summed E-state index contributed by atoms with van der Waals surface area (Å²) in [6, 6.07) is 7.04. The molecule has 1 saturated heterocycles. The summed E-state index contributed by atoms with van der Waals surface area (Å²) in [6.07, 6.45) is 0. The van der Waals surface area contributed by atoms with Gasteiger partial charge in [-0.05, 0) is 44.3 Å². The maximum absolute atomic E-state index is 6.48. The summed E-state index contributed by atoms with van der Waals surface area (Å²) in [5.41, 5.74) is 2.42. The Labute approximate surface area is 127 Å². The molecule has 0 aromatic heterocycles. The SMILES string of the molecule is CCNCc1ccc(N2CC(C)C(N(C)C)C2)c(Cl)c1. The molecule has 0 amide bonds. The summed E-state index contributed by atoms with van der Waals surface area (Å²) in [7, 11) is 4.32. The van der Waals surface area contributed by atoms with E-state index in [1.165, 1.54) is 11.3 Å². The highest BCUT2D eigenvalue weighted by Gasteiger charge is 2.31. The molecule has 1 aliphatic heterocycles. The van der Waals surface area contributed by atoms with E-state index in [1.54, 1.807) is 0 Å². The normalized spacial score (nSPS) is 22.8. The molecule has 112 valence electrons. The van der Waals surface area contributed by atoms with Gasteiger partial charge in [0.05, 0.1) is 10.7 Å². The number of hydrogen-bond donors (Lipinski definition) is 1. The van der Waals surface area contributed by atoms with Crippen molar-refractivity contribution in [2.24, 2.45) is 5.92 Å². The van der Waals surface area contributed by atoms with Gasteiger partial charge in [-0.2, -0.15) is 0 Å². The Kier molecular flexibility index (Phi) is 5.30. The predicted octanol–water partition coefficient (Wildman–Crippen LogP) is 2.84. The van der Waals surface area contributed by atoms with Crippen molar-refractivity contribution in [2.45, 2.75) is 26.4 Å². The van der Waals surface area contributed by atoms with E-state index in [1.807, 2.05) is 0 Å². The highest BCUT2D eigenvalue weighted by molar-refractivity contribution is 6.33. The van der Waals surface area contributed by atoms with Crippen LogP contribution in [-0.4, -0.2) is 44.7 Å². The van der Waals surface area contributed by atoms with Crippen LogP contribution in [0, 0.1) is 5.92 Å². The summed E-state index contributed by atoms with van der Waals surface area (Å²) in [5, 5.41) is 4.20. The quantitative estimate of drug-likeness (QED) is 0.901. The van der Waals surface area contributed by atoms with Crippen molar-refractivity contribution in [2.75, 3.05) is 38.6 Å².